The van der Waals surface area contributed by atoms with Gasteiger partial charge in [0.1, 0.15) is 0 Å². The minimum Gasteiger partial charge on any atom is -0.322 e. The number of amides is 1. The van der Waals surface area contributed by atoms with E-state index >= 15 is 0 Å². The Hall–Kier alpha value is -3.84. The van der Waals surface area contributed by atoms with E-state index in [0.717, 1.165) is 21.7 Å². The number of fused-ring (bicyclic) bond motifs is 1. The third-order valence-corrected chi connectivity index (χ3v) is 5.57. The van der Waals surface area contributed by atoms with Crippen LogP contribution in [0.15, 0.2) is 78.2 Å². The van der Waals surface area contributed by atoms with E-state index < -0.39 is 0 Å². The molecule has 0 aliphatic rings. The highest BCUT2D eigenvalue weighted by Gasteiger charge is 2.12. The molecule has 1 N–H and O–H groups in total. The zero-order valence-electron chi connectivity index (χ0n) is 16.1. The molecule has 5 aromatic rings. The summed E-state index contributed by atoms with van der Waals surface area (Å²) in [5.41, 5.74) is 4.74. The summed E-state index contributed by atoms with van der Waals surface area (Å²) in [6.07, 6.45) is 0. The molecule has 7 heteroatoms. The molecule has 0 atom stereocenters. The Bertz CT molecular complexity index is 1360. The number of nitrogens with one attached hydrogen (secondary N) is 1. The van der Waals surface area contributed by atoms with Gasteiger partial charge in [0.15, 0.2) is 11.5 Å². The van der Waals surface area contributed by atoms with E-state index in [4.69, 9.17) is 5.10 Å². The molecule has 30 heavy (non-hydrogen) atoms. The van der Waals surface area contributed by atoms with E-state index in [-0.39, 0.29) is 5.91 Å². The van der Waals surface area contributed by atoms with Gasteiger partial charge in [-0.1, -0.05) is 35.9 Å². The molecule has 1 amide bonds. The standard InChI is InChI=1S/C23H17N5OS/c1-15-5-2-7-17(13-15)23(29)24-18-8-3-6-16(14-18)19-10-11-21-25-26-22(28(21)27-19)20-9-4-12-30-20/h2-14H,1H3,(H,24,29). The number of benzene rings is 2. The Balaban J connectivity index is 1.47. The third kappa shape index (κ3) is 3.46. The molecule has 0 saturated carbocycles. The van der Waals surface area contributed by atoms with Gasteiger partial charge in [-0.2, -0.15) is 9.61 Å². The molecule has 146 valence electrons. The molecule has 0 unspecified atom stereocenters. The highest BCUT2D eigenvalue weighted by Crippen LogP contribution is 2.25. The average molecular weight is 411 g/mol. The fraction of sp³-hybridized carbons (Fsp3) is 0.0435. The highest BCUT2D eigenvalue weighted by atomic mass is 32.1. The van der Waals surface area contributed by atoms with Crippen molar-refractivity contribution in [2.45, 2.75) is 6.92 Å². The van der Waals surface area contributed by atoms with E-state index in [1.54, 1.807) is 21.9 Å². The summed E-state index contributed by atoms with van der Waals surface area (Å²) in [6.45, 7) is 1.97. The van der Waals surface area contributed by atoms with Crippen molar-refractivity contribution in [2.75, 3.05) is 5.32 Å². The van der Waals surface area contributed by atoms with Gasteiger partial charge in [-0.05, 0) is 54.8 Å². The van der Waals surface area contributed by atoms with E-state index in [9.17, 15) is 4.79 Å². The van der Waals surface area contributed by atoms with Crippen LogP contribution in [0.5, 0.6) is 0 Å². The van der Waals surface area contributed by atoms with E-state index in [1.807, 2.05) is 79.0 Å². The normalized spacial score (nSPS) is 11.0. The van der Waals surface area contributed by atoms with Crippen molar-refractivity contribution < 1.29 is 4.79 Å². The molecule has 0 saturated heterocycles. The fourth-order valence-corrected chi connectivity index (χ4v) is 3.94. The largest absolute Gasteiger partial charge is 0.322 e. The first-order valence-corrected chi connectivity index (χ1v) is 10.3. The maximum absolute atomic E-state index is 12.6. The highest BCUT2D eigenvalue weighted by molar-refractivity contribution is 7.13. The van der Waals surface area contributed by atoms with E-state index in [0.29, 0.717) is 22.7 Å². The second kappa shape index (κ2) is 7.53. The van der Waals surface area contributed by atoms with Crippen molar-refractivity contribution in [3.05, 3.63) is 89.3 Å². The molecular weight excluding hydrogens is 394 g/mol. The molecule has 6 nitrogen and oxygen atoms in total. The van der Waals surface area contributed by atoms with Crippen LogP contribution < -0.4 is 5.32 Å². The number of aryl methyl sites for hydroxylation is 1. The Kier molecular flexibility index (Phi) is 4.57. The van der Waals surface area contributed by atoms with E-state index in [1.165, 1.54) is 0 Å². The molecule has 2 aromatic carbocycles. The Morgan fingerprint density at radius 3 is 2.70 bits per heavy atom. The van der Waals surface area contributed by atoms with Gasteiger partial charge in [0.2, 0.25) is 0 Å². The van der Waals surface area contributed by atoms with Gasteiger partial charge < -0.3 is 5.32 Å². The lowest BCUT2D eigenvalue weighted by atomic mass is 10.1. The van der Waals surface area contributed by atoms with Crippen LogP contribution in [0.4, 0.5) is 5.69 Å². The lowest BCUT2D eigenvalue weighted by Crippen LogP contribution is -2.12. The quantitative estimate of drug-likeness (QED) is 0.448. The van der Waals surface area contributed by atoms with Gasteiger partial charge in [0.25, 0.3) is 5.91 Å². The van der Waals surface area contributed by atoms with Crippen LogP contribution in [0, 0.1) is 6.92 Å². The summed E-state index contributed by atoms with van der Waals surface area (Å²) in [5.74, 6) is 0.573. The summed E-state index contributed by atoms with van der Waals surface area (Å²) < 4.78 is 1.75. The minimum absolute atomic E-state index is 0.141. The van der Waals surface area contributed by atoms with Crippen molar-refractivity contribution in [1.82, 2.24) is 19.8 Å². The minimum atomic E-state index is -0.141. The van der Waals surface area contributed by atoms with Crippen LogP contribution in [0.1, 0.15) is 15.9 Å². The van der Waals surface area contributed by atoms with Crippen LogP contribution in [0.2, 0.25) is 0 Å². The smallest absolute Gasteiger partial charge is 0.255 e. The second-order valence-corrected chi connectivity index (χ2v) is 7.84. The predicted octanol–water partition coefficient (Wildman–Crippen LogP) is 5.08. The average Bonchev–Trinajstić information content (AvgIpc) is 3.43. The maximum Gasteiger partial charge on any atom is 0.255 e. The fourth-order valence-electron chi connectivity index (χ4n) is 3.25. The third-order valence-electron chi connectivity index (χ3n) is 4.70. The number of carbonyl (C=O) groups is 1. The zero-order valence-corrected chi connectivity index (χ0v) is 16.9. The first-order chi connectivity index (χ1) is 14.7. The SMILES string of the molecule is Cc1cccc(C(=O)Nc2cccc(-c3ccc4nnc(-c5cccs5)n4n3)c2)c1. The number of carbonyl (C=O) groups excluding carboxylic acids is 1. The van der Waals surface area contributed by atoms with Gasteiger partial charge in [-0.25, -0.2) is 0 Å². The van der Waals surface area contributed by atoms with Crippen molar-refractivity contribution in [3.63, 3.8) is 0 Å². The molecule has 0 aliphatic carbocycles. The van der Waals surface area contributed by atoms with Crippen LogP contribution >= 0.6 is 11.3 Å². The summed E-state index contributed by atoms with van der Waals surface area (Å²) in [4.78, 5) is 13.6. The molecule has 3 heterocycles. The number of hydrogen-bond donors (Lipinski definition) is 1. The van der Waals surface area contributed by atoms with Crippen molar-refractivity contribution >= 4 is 28.6 Å². The molecule has 0 bridgehead atoms. The molecular formula is C23H17N5OS. The van der Waals surface area contributed by atoms with Crippen molar-refractivity contribution in [3.8, 4) is 22.0 Å². The first-order valence-electron chi connectivity index (χ1n) is 9.42. The number of anilines is 1. The number of thiophene rings is 1. The maximum atomic E-state index is 12.6. The lowest BCUT2D eigenvalue weighted by molar-refractivity contribution is 0.102. The Morgan fingerprint density at radius 1 is 0.967 bits per heavy atom. The Morgan fingerprint density at radius 2 is 1.87 bits per heavy atom. The van der Waals surface area contributed by atoms with Crippen LogP contribution in [0.25, 0.3) is 27.6 Å². The van der Waals surface area contributed by atoms with Crippen molar-refractivity contribution in [1.29, 1.82) is 0 Å². The topological polar surface area (TPSA) is 72.2 Å². The Labute approximate surface area is 176 Å². The van der Waals surface area contributed by atoms with Crippen LogP contribution in [-0.2, 0) is 0 Å². The van der Waals surface area contributed by atoms with Gasteiger partial charge in [-0.15, -0.1) is 21.5 Å². The molecule has 3 aromatic heterocycles. The van der Waals surface area contributed by atoms with Gasteiger partial charge in [-0.3, -0.25) is 4.79 Å². The number of aromatic nitrogens is 4. The lowest BCUT2D eigenvalue weighted by Gasteiger charge is -2.08. The monoisotopic (exact) mass is 411 g/mol. The summed E-state index contributed by atoms with van der Waals surface area (Å²) in [6, 6.07) is 22.9. The van der Waals surface area contributed by atoms with Gasteiger partial charge in [0.05, 0.1) is 10.6 Å². The molecule has 0 radical (unpaired) electrons. The first kappa shape index (κ1) is 18.2. The summed E-state index contributed by atoms with van der Waals surface area (Å²) in [5, 5.41) is 18.2. The van der Waals surface area contributed by atoms with E-state index in [2.05, 4.69) is 15.5 Å². The number of hydrogen-bond acceptors (Lipinski definition) is 5. The van der Waals surface area contributed by atoms with Gasteiger partial charge >= 0.3 is 0 Å². The predicted molar refractivity (Wildman–Crippen MR) is 119 cm³/mol. The molecule has 0 aliphatic heterocycles. The summed E-state index contributed by atoms with van der Waals surface area (Å²) >= 11 is 1.59. The van der Waals surface area contributed by atoms with Crippen molar-refractivity contribution in [2.24, 2.45) is 0 Å². The molecule has 5 rings (SSSR count). The summed E-state index contributed by atoms with van der Waals surface area (Å²) in [7, 11) is 0. The van der Waals surface area contributed by atoms with Crippen LogP contribution in [0.3, 0.4) is 0 Å². The second-order valence-electron chi connectivity index (χ2n) is 6.89. The van der Waals surface area contributed by atoms with Crippen LogP contribution in [-0.4, -0.2) is 25.7 Å². The number of nitrogens with zero attached hydrogens (tertiary/aromatic N) is 4. The zero-order chi connectivity index (χ0) is 20.5. The number of rotatable bonds is 4. The molecule has 0 spiro atoms. The molecule has 0 fully saturated rings. The van der Waals surface area contributed by atoms with Gasteiger partial charge in [0, 0.05) is 16.8 Å².